The van der Waals surface area contributed by atoms with Crippen LogP contribution in [0.2, 0.25) is 0 Å². The summed E-state index contributed by atoms with van der Waals surface area (Å²) in [4.78, 5) is 13.2. The predicted octanol–water partition coefficient (Wildman–Crippen LogP) is 2.09. The highest BCUT2D eigenvalue weighted by Crippen LogP contribution is 2.15. The van der Waals surface area contributed by atoms with E-state index in [1.165, 1.54) is 0 Å². The molecule has 0 unspecified atom stereocenters. The van der Waals surface area contributed by atoms with Gasteiger partial charge in [0.25, 0.3) is 0 Å². The Morgan fingerprint density at radius 3 is 2.83 bits per heavy atom. The van der Waals surface area contributed by atoms with E-state index in [2.05, 4.69) is 13.2 Å². The van der Waals surface area contributed by atoms with Crippen molar-refractivity contribution in [2.24, 2.45) is 0 Å². The molecule has 66 valence electrons. The fraction of sp³-hybridized carbons (Fsp3) is 0.500. The number of amides is 1. The Kier molecular flexibility index (Phi) is 3.09. The fourth-order valence-electron chi connectivity index (χ4n) is 1.40. The van der Waals surface area contributed by atoms with Crippen LogP contribution in [0.1, 0.15) is 25.7 Å². The van der Waals surface area contributed by atoms with Gasteiger partial charge in [-0.2, -0.15) is 0 Å². The first-order valence-corrected chi connectivity index (χ1v) is 4.37. The summed E-state index contributed by atoms with van der Waals surface area (Å²) < 4.78 is 0. The summed E-state index contributed by atoms with van der Waals surface area (Å²) in [7, 11) is 0. The summed E-state index contributed by atoms with van der Waals surface area (Å²) in [6.07, 6.45) is 5.54. The Morgan fingerprint density at radius 1 is 1.42 bits per heavy atom. The number of rotatable bonds is 2. The summed E-state index contributed by atoms with van der Waals surface area (Å²) in [5, 5.41) is 0. The van der Waals surface area contributed by atoms with E-state index in [9.17, 15) is 4.79 Å². The van der Waals surface area contributed by atoms with Crippen LogP contribution in [-0.4, -0.2) is 17.4 Å². The van der Waals surface area contributed by atoms with E-state index in [1.54, 1.807) is 11.0 Å². The second-order valence-electron chi connectivity index (χ2n) is 3.05. The first-order valence-electron chi connectivity index (χ1n) is 4.37. The predicted molar refractivity (Wildman–Crippen MR) is 49.5 cm³/mol. The molecule has 2 heteroatoms. The molecule has 0 aromatic carbocycles. The lowest BCUT2D eigenvalue weighted by atomic mass is 10.2. The molecule has 1 saturated heterocycles. The largest absolute Gasteiger partial charge is 0.313 e. The van der Waals surface area contributed by atoms with E-state index >= 15 is 0 Å². The quantitative estimate of drug-likeness (QED) is 0.574. The molecule has 1 amide bonds. The summed E-state index contributed by atoms with van der Waals surface area (Å²) in [6.45, 7) is 8.19. The topological polar surface area (TPSA) is 20.3 Å². The van der Waals surface area contributed by atoms with Crippen molar-refractivity contribution in [2.75, 3.05) is 6.54 Å². The van der Waals surface area contributed by atoms with Gasteiger partial charge in [0.2, 0.25) is 5.91 Å². The molecule has 1 fully saturated rings. The van der Waals surface area contributed by atoms with Crippen molar-refractivity contribution < 1.29 is 4.79 Å². The Balaban J connectivity index is 2.65. The van der Waals surface area contributed by atoms with E-state index in [0.29, 0.717) is 6.42 Å². The van der Waals surface area contributed by atoms with Gasteiger partial charge in [0.15, 0.2) is 0 Å². The van der Waals surface area contributed by atoms with E-state index in [0.717, 1.165) is 31.5 Å². The Bertz CT molecular complexity index is 208. The minimum absolute atomic E-state index is 0.192. The number of likely N-dealkylation sites (tertiary alicyclic amines) is 1. The van der Waals surface area contributed by atoms with Gasteiger partial charge in [-0.15, -0.1) is 0 Å². The number of hydrogen-bond donors (Lipinski definition) is 0. The lowest BCUT2D eigenvalue weighted by Crippen LogP contribution is -2.28. The molecular weight excluding hydrogens is 150 g/mol. The van der Waals surface area contributed by atoms with Crippen LogP contribution in [-0.2, 0) is 4.79 Å². The van der Waals surface area contributed by atoms with Crippen LogP contribution < -0.4 is 0 Å². The molecule has 0 radical (unpaired) electrons. The van der Waals surface area contributed by atoms with Crippen molar-refractivity contribution in [3.63, 3.8) is 0 Å². The standard InChI is InChI=1S/C10H15NO/c1-3-9(2)11-8-6-4-5-7-10(11)12/h3H,1-2,4-8H2. The number of carbonyl (C=O) groups excluding carboxylic acids is 1. The van der Waals surface area contributed by atoms with Gasteiger partial charge in [-0.25, -0.2) is 0 Å². The lowest BCUT2D eigenvalue weighted by Gasteiger charge is -2.20. The number of nitrogens with zero attached hydrogens (tertiary/aromatic N) is 1. The van der Waals surface area contributed by atoms with Crippen LogP contribution in [0.4, 0.5) is 0 Å². The molecule has 0 saturated carbocycles. The van der Waals surface area contributed by atoms with Crippen LogP contribution in [0.5, 0.6) is 0 Å². The van der Waals surface area contributed by atoms with E-state index in [1.807, 2.05) is 0 Å². The first kappa shape index (κ1) is 9.04. The molecule has 0 atom stereocenters. The smallest absolute Gasteiger partial charge is 0.226 e. The van der Waals surface area contributed by atoms with Gasteiger partial charge in [0, 0.05) is 18.7 Å². The third kappa shape index (κ3) is 1.97. The maximum absolute atomic E-state index is 11.4. The lowest BCUT2D eigenvalue weighted by molar-refractivity contribution is -0.128. The maximum atomic E-state index is 11.4. The summed E-state index contributed by atoms with van der Waals surface area (Å²) in [5.74, 6) is 0.192. The highest BCUT2D eigenvalue weighted by Gasteiger charge is 2.16. The highest BCUT2D eigenvalue weighted by molar-refractivity contribution is 5.78. The molecule has 0 N–H and O–H groups in total. The molecule has 1 aliphatic rings. The van der Waals surface area contributed by atoms with E-state index in [-0.39, 0.29) is 5.91 Å². The van der Waals surface area contributed by atoms with Crippen molar-refractivity contribution >= 4 is 5.91 Å². The van der Waals surface area contributed by atoms with Crippen molar-refractivity contribution in [1.29, 1.82) is 0 Å². The average molecular weight is 165 g/mol. The van der Waals surface area contributed by atoms with Gasteiger partial charge < -0.3 is 4.90 Å². The Morgan fingerprint density at radius 2 is 2.17 bits per heavy atom. The second-order valence-corrected chi connectivity index (χ2v) is 3.05. The molecule has 1 rings (SSSR count). The van der Waals surface area contributed by atoms with Crippen LogP contribution in [0.25, 0.3) is 0 Å². The number of hydrogen-bond acceptors (Lipinski definition) is 1. The monoisotopic (exact) mass is 165 g/mol. The summed E-state index contributed by atoms with van der Waals surface area (Å²) >= 11 is 0. The van der Waals surface area contributed by atoms with Crippen LogP contribution in [0, 0.1) is 0 Å². The molecule has 0 aromatic heterocycles. The van der Waals surface area contributed by atoms with Crippen LogP contribution in [0.15, 0.2) is 24.9 Å². The normalized spacial score (nSPS) is 18.7. The van der Waals surface area contributed by atoms with Crippen molar-refractivity contribution in [3.8, 4) is 0 Å². The van der Waals surface area contributed by atoms with Gasteiger partial charge in [-0.05, 0) is 18.9 Å². The van der Waals surface area contributed by atoms with Crippen molar-refractivity contribution in [1.82, 2.24) is 4.90 Å². The Hall–Kier alpha value is -1.05. The molecule has 1 heterocycles. The molecule has 0 aliphatic carbocycles. The van der Waals surface area contributed by atoms with Gasteiger partial charge in [-0.1, -0.05) is 19.6 Å². The van der Waals surface area contributed by atoms with Gasteiger partial charge in [-0.3, -0.25) is 4.79 Å². The zero-order valence-corrected chi connectivity index (χ0v) is 7.38. The van der Waals surface area contributed by atoms with E-state index in [4.69, 9.17) is 0 Å². The third-order valence-electron chi connectivity index (χ3n) is 2.16. The van der Waals surface area contributed by atoms with Gasteiger partial charge in [0.05, 0.1) is 0 Å². The average Bonchev–Trinajstić information content (AvgIpc) is 2.28. The van der Waals surface area contributed by atoms with Crippen molar-refractivity contribution in [3.05, 3.63) is 24.9 Å². The summed E-state index contributed by atoms with van der Waals surface area (Å²) in [6, 6.07) is 0. The second kappa shape index (κ2) is 4.10. The molecule has 0 bridgehead atoms. The molecule has 1 aliphatic heterocycles. The van der Waals surface area contributed by atoms with Crippen molar-refractivity contribution in [2.45, 2.75) is 25.7 Å². The van der Waals surface area contributed by atoms with E-state index < -0.39 is 0 Å². The maximum Gasteiger partial charge on any atom is 0.226 e. The minimum atomic E-state index is 0.192. The minimum Gasteiger partial charge on any atom is -0.313 e. The number of allylic oxidation sites excluding steroid dienone is 1. The Labute approximate surface area is 73.6 Å². The zero-order chi connectivity index (χ0) is 8.97. The fourth-order valence-corrected chi connectivity index (χ4v) is 1.40. The summed E-state index contributed by atoms with van der Waals surface area (Å²) in [5.41, 5.74) is 0.738. The molecule has 0 aromatic rings. The zero-order valence-electron chi connectivity index (χ0n) is 7.38. The molecular formula is C10H15NO. The molecule has 2 nitrogen and oxygen atoms in total. The first-order chi connectivity index (χ1) is 5.75. The SMILES string of the molecule is C=CC(=C)N1CCCCCC1=O. The van der Waals surface area contributed by atoms with Gasteiger partial charge in [0.1, 0.15) is 0 Å². The third-order valence-corrected chi connectivity index (χ3v) is 2.16. The van der Waals surface area contributed by atoms with Crippen LogP contribution in [0.3, 0.4) is 0 Å². The van der Waals surface area contributed by atoms with Crippen LogP contribution >= 0.6 is 0 Å². The number of carbonyl (C=O) groups is 1. The van der Waals surface area contributed by atoms with Gasteiger partial charge >= 0.3 is 0 Å². The molecule has 12 heavy (non-hydrogen) atoms. The molecule has 0 spiro atoms. The highest BCUT2D eigenvalue weighted by atomic mass is 16.2.